The van der Waals surface area contributed by atoms with Crippen molar-refractivity contribution in [3.8, 4) is 5.75 Å². The van der Waals surface area contributed by atoms with Crippen LogP contribution in [0.2, 0.25) is 0 Å². The molecule has 0 atom stereocenters. The van der Waals surface area contributed by atoms with E-state index in [9.17, 15) is 9.90 Å². The Morgan fingerprint density at radius 1 is 1.18 bits per heavy atom. The monoisotopic (exact) mass is 297 g/mol. The summed E-state index contributed by atoms with van der Waals surface area (Å²) in [5.41, 5.74) is 2.31. The van der Waals surface area contributed by atoms with Gasteiger partial charge in [-0.15, -0.1) is 0 Å². The number of rotatable bonds is 3. The third kappa shape index (κ3) is 3.65. The normalized spacial score (nSPS) is 15.7. The first-order chi connectivity index (χ1) is 10.7. The first-order valence-corrected chi connectivity index (χ1v) is 7.48. The molecule has 4 nitrogen and oxygen atoms in total. The molecule has 0 spiro atoms. The summed E-state index contributed by atoms with van der Waals surface area (Å²) in [6.07, 6.45) is 5.43. The minimum Gasteiger partial charge on any atom is -0.502 e. The summed E-state index contributed by atoms with van der Waals surface area (Å²) >= 11 is 0. The zero-order valence-corrected chi connectivity index (χ0v) is 12.4. The third-order valence-electron chi connectivity index (χ3n) is 3.91. The molecular weight excluding hydrogens is 278 g/mol. The molecule has 1 fully saturated rings. The molecule has 1 aliphatic rings. The second kappa shape index (κ2) is 6.62. The standard InChI is InChI=1S/C18H19NO3/c20-17-11-16(22-13-18(17)21)12-19-8-6-15(7-9-19)10-14-4-2-1-3-5-14/h1-5,10-11,13,21H,6-9,12H2. The quantitative estimate of drug-likeness (QED) is 0.946. The van der Waals surface area contributed by atoms with Gasteiger partial charge in [0, 0.05) is 19.2 Å². The number of aromatic hydroxyl groups is 1. The second-order valence-corrected chi connectivity index (χ2v) is 5.59. The van der Waals surface area contributed by atoms with E-state index in [2.05, 4.69) is 23.1 Å². The SMILES string of the molecule is O=c1cc(CN2CCC(=Cc3ccccc3)CC2)occ1O. The number of piperidine rings is 1. The van der Waals surface area contributed by atoms with Crippen LogP contribution in [0.25, 0.3) is 6.08 Å². The zero-order chi connectivity index (χ0) is 15.4. The van der Waals surface area contributed by atoms with E-state index in [4.69, 9.17) is 4.42 Å². The minimum atomic E-state index is -0.386. The number of hydrogen-bond acceptors (Lipinski definition) is 4. The molecule has 0 saturated carbocycles. The van der Waals surface area contributed by atoms with Gasteiger partial charge in [-0.2, -0.15) is 0 Å². The Hall–Kier alpha value is -2.33. The molecule has 0 radical (unpaired) electrons. The number of hydrogen-bond donors (Lipinski definition) is 1. The van der Waals surface area contributed by atoms with Crippen LogP contribution < -0.4 is 5.43 Å². The molecule has 1 saturated heterocycles. The van der Waals surface area contributed by atoms with Crippen molar-refractivity contribution >= 4 is 6.08 Å². The van der Waals surface area contributed by atoms with Crippen LogP contribution in [0, 0.1) is 0 Å². The molecule has 2 heterocycles. The Labute approximate surface area is 129 Å². The van der Waals surface area contributed by atoms with Gasteiger partial charge in [-0.25, -0.2) is 0 Å². The molecule has 22 heavy (non-hydrogen) atoms. The van der Waals surface area contributed by atoms with Crippen LogP contribution in [0.1, 0.15) is 24.2 Å². The van der Waals surface area contributed by atoms with Gasteiger partial charge in [0.15, 0.2) is 5.75 Å². The maximum absolute atomic E-state index is 11.4. The lowest BCUT2D eigenvalue weighted by Crippen LogP contribution is -2.30. The average molecular weight is 297 g/mol. The fraction of sp³-hybridized carbons (Fsp3) is 0.278. The Bertz CT molecular complexity index is 709. The smallest absolute Gasteiger partial charge is 0.226 e. The summed E-state index contributed by atoms with van der Waals surface area (Å²) in [5, 5.41) is 9.20. The molecule has 1 aliphatic heterocycles. The van der Waals surface area contributed by atoms with Crippen molar-refractivity contribution in [3.05, 3.63) is 69.8 Å². The Kier molecular flexibility index (Phi) is 4.39. The number of benzene rings is 1. The van der Waals surface area contributed by atoms with Crippen molar-refractivity contribution < 1.29 is 9.52 Å². The highest BCUT2D eigenvalue weighted by atomic mass is 16.4. The molecule has 2 aromatic rings. The van der Waals surface area contributed by atoms with Gasteiger partial charge in [0.1, 0.15) is 12.0 Å². The van der Waals surface area contributed by atoms with Crippen LogP contribution in [0.4, 0.5) is 0 Å². The predicted molar refractivity (Wildman–Crippen MR) is 85.6 cm³/mol. The van der Waals surface area contributed by atoms with E-state index < -0.39 is 0 Å². The van der Waals surface area contributed by atoms with Gasteiger partial charge in [0.2, 0.25) is 5.43 Å². The van der Waals surface area contributed by atoms with Crippen LogP contribution in [0.3, 0.4) is 0 Å². The molecule has 0 amide bonds. The van der Waals surface area contributed by atoms with Crippen LogP contribution >= 0.6 is 0 Å². The highest BCUT2D eigenvalue weighted by Gasteiger charge is 2.15. The van der Waals surface area contributed by atoms with E-state index in [-0.39, 0.29) is 11.2 Å². The van der Waals surface area contributed by atoms with Gasteiger partial charge in [-0.1, -0.05) is 42.0 Å². The van der Waals surface area contributed by atoms with Crippen LogP contribution in [0.15, 0.2) is 57.4 Å². The van der Waals surface area contributed by atoms with Crippen molar-refractivity contribution in [3.63, 3.8) is 0 Å². The Morgan fingerprint density at radius 2 is 1.91 bits per heavy atom. The van der Waals surface area contributed by atoms with Gasteiger partial charge in [0.05, 0.1) is 6.54 Å². The first-order valence-electron chi connectivity index (χ1n) is 7.48. The van der Waals surface area contributed by atoms with Crippen LogP contribution in [0.5, 0.6) is 5.75 Å². The average Bonchev–Trinajstić information content (AvgIpc) is 2.54. The lowest BCUT2D eigenvalue weighted by molar-refractivity contribution is 0.226. The van der Waals surface area contributed by atoms with Crippen molar-refractivity contribution in [2.75, 3.05) is 13.1 Å². The highest BCUT2D eigenvalue weighted by Crippen LogP contribution is 2.20. The van der Waals surface area contributed by atoms with Crippen molar-refractivity contribution in [1.82, 2.24) is 4.90 Å². The molecule has 3 rings (SSSR count). The van der Waals surface area contributed by atoms with E-state index in [1.165, 1.54) is 17.2 Å². The second-order valence-electron chi connectivity index (χ2n) is 5.59. The van der Waals surface area contributed by atoms with Gasteiger partial charge in [-0.3, -0.25) is 9.69 Å². The van der Waals surface area contributed by atoms with Gasteiger partial charge in [0.25, 0.3) is 0 Å². The lowest BCUT2D eigenvalue weighted by atomic mass is 10.0. The fourth-order valence-corrected chi connectivity index (χ4v) is 2.67. The molecule has 114 valence electrons. The summed E-state index contributed by atoms with van der Waals surface area (Å²) in [6, 6.07) is 11.7. The summed E-state index contributed by atoms with van der Waals surface area (Å²) in [4.78, 5) is 13.7. The molecule has 1 aromatic carbocycles. The van der Waals surface area contributed by atoms with E-state index in [0.29, 0.717) is 12.3 Å². The summed E-state index contributed by atoms with van der Waals surface area (Å²) in [5.74, 6) is 0.258. The Balaban J connectivity index is 1.59. The third-order valence-corrected chi connectivity index (χ3v) is 3.91. The predicted octanol–water partition coefficient (Wildman–Crippen LogP) is 3.02. The van der Waals surface area contributed by atoms with Crippen molar-refractivity contribution in [1.29, 1.82) is 0 Å². The van der Waals surface area contributed by atoms with Gasteiger partial charge >= 0.3 is 0 Å². The fourth-order valence-electron chi connectivity index (χ4n) is 2.67. The number of likely N-dealkylation sites (tertiary alicyclic amines) is 1. The lowest BCUT2D eigenvalue weighted by Gasteiger charge is -2.27. The molecule has 0 unspecified atom stereocenters. The largest absolute Gasteiger partial charge is 0.502 e. The zero-order valence-electron chi connectivity index (χ0n) is 12.4. The van der Waals surface area contributed by atoms with E-state index in [1.807, 2.05) is 18.2 Å². The van der Waals surface area contributed by atoms with E-state index >= 15 is 0 Å². The Morgan fingerprint density at radius 3 is 2.59 bits per heavy atom. The van der Waals surface area contributed by atoms with Crippen LogP contribution in [-0.2, 0) is 6.54 Å². The summed E-state index contributed by atoms with van der Waals surface area (Å²) in [6.45, 7) is 2.50. The molecule has 4 heteroatoms. The first kappa shape index (κ1) is 14.6. The van der Waals surface area contributed by atoms with Crippen molar-refractivity contribution in [2.24, 2.45) is 0 Å². The summed E-state index contributed by atoms with van der Waals surface area (Å²) < 4.78 is 5.26. The molecule has 0 bridgehead atoms. The van der Waals surface area contributed by atoms with E-state index in [0.717, 1.165) is 32.2 Å². The highest BCUT2D eigenvalue weighted by molar-refractivity contribution is 5.52. The maximum Gasteiger partial charge on any atom is 0.226 e. The molecule has 0 aliphatic carbocycles. The van der Waals surface area contributed by atoms with E-state index in [1.54, 1.807) is 0 Å². The molecule has 1 aromatic heterocycles. The topological polar surface area (TPSA) is 53.7 Å². The van der Waals surface area contributed by atoms with Crippen molar-refractivity contribution in [2.45, 2.75) is 19.4 Å². The minimum absolute atomic E-state index is 0.338. The maximum atomic E-state index is 11.4. The van der Waals surface area contributed by atoms with Gasteiger partial charge in [-0.05, 0) is 18.4 Å². The molecular formula is C18H19NO3. The molecule has 1 N–H and O–H groups in total. The van der Waals surface area contributed by atoms with Gasteiger partial charge < -0.3 is 9.52 Å². The van der Waals surface area contributed by atoms with Crippen LogP contribution in [-0.4, -0.2) is 23.1 Å². The summed E-state index contributed by atoms with van der Waals surface area (Å²) in [7, 11) is 0. The number of nitrogens with zero attached hydrogens (tertiary/aromatic N) is 1.